The maximum atomic E-state index is 13.1. The summed E-state index contributed by atoms with van der Waals surface area (Å²) in [5.74, 6) is -0.989. The molecule has 0 spiro atoms. The second-order valence-corrected chi connectivity index (χ2v) is 3.58. The minimum Gasteiger partial charge on any atom is -0.351 e. The second kappa shape index (κ2) is 5.07. The number of nitrogens with one attached hydrogen (secondary N) is 1. The molecule has 0 aromatic heterocycles. The molecule has 5 heteroatoms. The molecule has 1 aromatic carbocycles. The molecule has 1 aromatic rings. The fourth-order valence-electron chi connectivity index (χ4n) is 0.952. The Kier molecular flexibility index (Phi) is 4.03. The molecular weight excluding hydrogens is 251 g/mol. The molecule has 0 bridgehead atoms. The topological polar surface area (TPSA) is 55.1 Å². The van der Waals surface area contributed by atoms with E-state index in [1.807, 2.05) is 0 Å². The summed E-state index contributed by atoms with van der Waals surface area (Å²) in [6.07, 6.45) is 0. The molecule has 1 rings (SSSR count). The highest BCUT2D eigenvalue weighted by Gasteiger charge is 2.10. The van der Waals surface area contributed by atoms with Crippen molar-refractivity contribution in [3.63, 3.8) is 0 Å². The quantitative estimate of drug-likeness (QED) is 0.861. The molecule has 0 fully saturated rings. The minimum absolute atomic E-state index is 0.0211. The van der Waals surface area contributed by atoms with Crippen molar-refractivity contribution in [2.75, 3.05) is 13.1 Å². The zero-order valence-corrected chi connectivity index (χ0v) is 8.97. The van der Waals surface area contributed by atoms with Crippen LogP contribution in [-0.2, 0) is 0 Å². The molecule has 0 saturated heterocycles. The lowest BCUT2D eigenvalue weighted by Gasteiger charge is -2.04. The summed E-state index contributed by atoms with van der Waals surface area (Å²) >= 11 is 3.16. The highest BCUT2D eigenvalue weighted by molar-refractivity contribution is 9.10. The van der Waals surface area contributed by atoms with Gasteiger partial charge in [0.15, 0.2) is 0 Å². The Morgan fingerprint density at radius 3 is 2.93 bits per heavy atom. The fourth-order valence-corrected chi connectivity index (χ4v) is 1.31. The molecule has 0 heterocycles. The molecule has 0 unspecified atom stereocenters. The van der Waals surface area contributed by atoms with E-state index in [1.54, 1.807) is 0 Å². The summed E-state index contributed by atoms with van der Waals surface area (Å²) in [5, 5.41) is 2.49. The van der Waals surface area contributed by atoms with Crippen LogP contribution in [0.3, 0.4) is 0 Å². The number of amides is 1. The number of carbonyl (C=O) groups excluding carboxylic acids is 1. The maximum absolute atomic E-state index is 13.1. The van der Waals surface area contributed by atoms with Crippen molar-refractivity contribution in [1.29, 1.82) is 0 Å². The van der Waals surface area contributed by atoms with Gasteiger partial charge >= 0.3 is 0 Å². The summed E-state index contributed by atoms with van der Waals surface area (Å²) in [5.41, 5.74) is 5.23. The van der Waals surface area contributed by atoms with Gasteiger partial charge in [-0.3, -0.25) is 4.79 Å². The Bertz CT molecular complexity index is 344. The van der Waals surface area contributed by atoms with Crippen LogP contribution in [0.25, 0.3) is 0 Å². The standard InChI is InChI=1S/C9H10BrFN2O/c10-6-1-2-8(11)7(5-6)9(14)13-4-3-12/h1-2,5H,3-4,12H2,(H,13,14). The van der Waals surface area contributed by atoms with Crippen LogP contribution in [0.1, 0.15) is 10.4 Å². The van der Waals surface area contributed by atoms with Crippen LogP contribution in [0, 0.1) is 5.82 Å². The summed E-state index contributed by atoms with van der Waals surface area (Å²) in [7, 11) is 0. The zero-order chi connectivity index (χ0) is 10.6. The number of carbonyl (C=O) groups is 1. The monoisotopic (exact) mass is 260 g/mol. The number of rotatable bonds is 3. The lowest BCUT2D eigenvalue weighted by Crippen LogP contribution is -2.29. The summed E-state index contributed by atoms with van der Waals surface area (Å²) < 4.78 is 13.8. The maximum Gasteiger partial charge on any atom is 0.254 e. The molecule has 0 aliphatic carbocycles. The van der Waals surface area contributed by atoms with Crippen LogP contribution in [0.5, 0.6) is 0 Å². The Morgan fingerprint density at radius 1 is 1.57 bits per heavy atom. The van der Waals surface area contributed by atoms with Crippen molar-refractivity contribution in [2.24, 2.45) is 5.73 Å². The van der Waals surface area contributed by atoms with Crippen molar-refractivity contribution < 1.29 is 9.18 Å². The van der Waals surface area contributed by atoms with Gasteiger partial charge in [-0.2, -0.15) is 0 Å². The van der Waals surface area contributed by atoms with Gasteiger partial charge in [0.05, 0.1) is 5.56 Å². The van der Waals surface area contributed by atoms with E-state index in [0.717, 1.165) is 0 Å². The SMILES string of the molecule is NCCNC(=O)c1cc(Br)ccc1F. The molecule has 0 aliphatic heterocycles. The minimum atomic E-state index is -0.539. The van der Waals surface area contributed by atoms with Crippen LogP contribution in [0.15, 0.2) is 22.7 Å². The molecule has 14 heavy (non-hydrogen) atoms. The molecule has 3 N–H and O–H groups in total. The van der Waals surface area contributed by atoms with E-state index in [1.165, 1.54) is 18.2 Å². The Hall–Kier alpha value is -0.940. The lowest BCUT2D eigenvalue weighted by molar-refractivity contribution is 0.0950. The predicted molar refractivity (Wildman–Crippen MR) is 55.5 cm³/mol. The van der Waals surface area contributed by atoms with Gasteiger partial charge in [-0.15, -0.1) is 0 Å². The van der Waals surface area contributed by atoms with E-state index in [-0.39, 0.29) is 5.56 Å². The van der Waals surface area contributed by atoms with Gasteiger partial charge in [0.25, 0.3) is 5.91 Å². The molecule has 3 nitrogen and oxygen atoms in total. The largest absolute Gasteiger partial charge is 0.351 e. The third-order valence-corrected chi connectivity index (χ3v) is 2.10. The van der Waals surface area contributed by atoms with E-state index in [2.05, 4.69) is 21.2 Å². The Morgan fingerprint density at radius 2 is 2.29 bits per heavy atom. The average molecular weight is 261 g/mol. The van der Waals surface area contributed by atoms with Gasteiger partial charge in [-0.05, 0) is 18.2 Å². The van der Waals surface area contributed by atoms with E-state index in [0.29, 0.717) is 17.6 Å². The molecule has 0 saturated carbocycles. The summed E-state index contributed by atoms with van der Waals surface area (Å²) in [6.45, 7) is 0.673. The molecule has 0 atom stereocenters. The van der Waals surface area contributed by atoms with Gasteiger partial charge in [0.1, 0.15) is 5.82 Å². The number of hydrogen-bond donors (Lipinski definition) is 2. The van der Waals surface area contributed by atoms with Crippen LogP contribution < -0.4 is 11.1 Å². The molecular formula is C9H10BrFN2O. The number of halogens is 2. The van der Waals surface area contributed by atoms with Gasteiger partial charge < -0.3 is 11.1 Å². The number of nitrogens with two attached hydrogens (primary N) is 1. The average Bonchev–Trinajstić information content (AvgIpc) is 2.18. The number of hydrogen-bond acceptors (Lipinski definition) is 2. The normalized spacial score (nSPS) is 9.93. The van der Waals surface area contributed by atoms with Gasteiger partial charge in [-0.25, -0.2) is 4.39 Å². The van der Waals surface area contributed by atoms with Crippen molar-refractivity contribution in [3.8, 4) is 0 Å². The first-order valence-electron chi connectivity index (χ1n) is 4.08. The highest BCUT2D eigenvalue weighted by atomic mass is 79.9. The Balaban J connectivity index is 2.83. The fraction of sp³-hybridized carbons (Fsp3) is 0.222. The first-order valence-corrected chi connectivity index (χ1v) is 4.87. The highest BCUT2D eigenvalue weighted by Crippen LogP contribution is 2.15. The van der Waals surface area contributed by atoms with Crippen LogP contribution in [0.4, 0.5) is 4.39 Å². The van der Waals surface area contributed by atoms with Gasteiger partial charge in [0, 0.05) is 17.6 Å². The Labute approximate surface area is 89.6 Å². The molecule has 1 amide bonds. The molecule has 0 radical (unpaired) electrons. The predicted octanol–water partition coefficient (Wildman–Crippen LogP) is 1.28. The first kappa shape index (κ1) is 11.1. The number of benzene rings is 1. The third-order valence-electron chi connectivity index (χ3n) is 1.60. The molecule has 76 valence electrons. The van der Waals surface area contributed by atoms with Crippen molar-refractivity contribution in [2.45, 2.75) is 0 Å². The van der Waals surface area contributed by atoms with Crippen LogP contribution in [-0.4, -0.2) is 19.0 Å². The van der Waals surface area contributed by atoms with E-state index >= 15 is 0 Å². The van der Waals surface area contributed by atoms with E-state index in [9.17, 15) is 9.18 Å². The van der Waals surface area contributed by atoms with Gasteiger partial charge in [0.2, 0.25) is 0 Å². The van der Waals surface area contributed by atoms with Crippen LogP contribution >= 0.6 is 15.9 Å². The van der Waals surface area contributed by atoms with Gasteiger partial charge in [-0.1, -0.05) is 15.9 Å². The lowest BCUT2D eigenvalue weighted by atomic mass is 10.2. The van der Waals surface area contributed by atoms with Crippen molar-refractivity contribution in [1.82, 2.24) is 5.32 Å². The van der Waals surface area contributed by atoms with E-state index < -0.39 is 11.7 Å². The van der Waals surface area contributed by atoms with E-state index in [4.69, 9.17) is 5.73 Å². The summed E-state index contributed by atoms with van der Waals surface area (Å²) in [4.78, 5) is 11.3. The van der Waals surface area contributed by atoms with Crippen molar-refractivity contribution in [3.05, 3.63) is 34.1 Å². The second-order valence-electron chi connectivity index (χ2n) is 2.67. The first-order chi connectivity index (χ1) is 6.65. The third kappa shape index (κ3) is 2.78. The van der Waals surface area contributed by atoms with Crippen molar-refractivity contribution >= 4 is 21.8 Å². The molecule has 0 aliphatic rings. The summed E-state index contributed by atoms with van der Waals surface area (Å²) in [6, 6.07) is 4.21. The van der Waals surface area contributed by atoms with Crippen LogP contribution in [0.2, 0.25) is 0 Å². The smallest absolute Gasteiger partial charge is 0.254 e. The zero-order valence-electron chi connectivity index (χ0n) is 7.39.